The van der Waals surface area contributed by atoms with Crippen LogP contribution in [0.25, 0.3) is 0 Å². The molecule has 1 radical (unpaired) electrons. The third kappa shape index (κ3) is 1.54. The Morgan fingerprint density at radius 2 is 2.46 bits per heavy atom. The Kier molecular flexibility index (Phi) is 2.23. The standard InChI is InChI=1S/C11H14NO/c1-9-11(5-6-12(9)2)10-4-3-7-13-8-10/h3-5,10H,7-8H2,1-2H3. The molecule has 0 bridgehead atoms. The van der Waals surface area contributed by atoms with Gasteiger partial charge in [0.1, 0.15) is 0 Å². The zero-order valence-corrected chi connectivity index (χ0v) is 8.08. The number of aryl methyl sites for hydroxylation is 1. The second kappa shape index (κ2) is 3.38. The Morgan fingerprint density at radius 1 is 1.62 bits per heavy atom. The summed E-state index contributed by atoms with van der Waals surface area (Å²) in [4.78, 5) is 0. The molecule has 1 aliphatic rings. The van der Waals surface area contributed by atoms with Gasteiger partial charge in [-0.05, 0) is 18.6 Å². The van der Waals surface area contributed by atoms with E-state index in [-0.39, 0.29) is 0 Å². The average molecular weight is 176 g/mol. The smallest absolute Gasteiger partial charge is 0.0650 e. The fourth-order valence-electron chi connectivity index (χ4n) is 1.67. The molecular weight excluding hydrogens is 162 g/mol. The molecule has 2 heteroatoms. The molecule has 0 saturated carbocycles. The van der Waals surface area contributed by atoms with Gasteiger partial charge in [-0.15, -0.1) is 0 Å². The first kappa shape index (κ1) is 8.57. The van der Waals surface area contributed by atoms with Crippen molar-refractivity contribution in [3.05, 3.63) is 35.7 Å². The maximum absolute atomic E-state index is 5.39. The molecule has 1 aromatic rings. The molecule has 0 spiro atoms. The van der Waals surface area contributed by atoms with E-state index in [1.54, 1.807) is 0 Å². The number of rotatable bonds is 1. The van der Waals surface area contributed by atoms with Gasteiger partial charge in [0.2, 0.25) is 0 Å². The Morgan fingerprint density at radius 3 is 3.00 bits per heavy atom. The summed E-state index contributed by atoms with van der Waals surface area (Å²) in [6.45, 7) is 3.68. The topological polar surface area (TPSA) is 14.2 Å². The minimum atomic E-state index is 0.422. The van der Waals surface area contributed by atoms with E-state index in [1.807, 2.05) is 11.6 Å². The molecule has 0 aromatic carbocycles. The van der Waals surface area contributed by atoms with Crippen molar-refractivity contribution in [2.75, 3.05) is 13.2 Å². The summed E-state index contributed by atoms with van der Waals surface area (Å²) in [5.41, 5.74) is 2.61. The van der Waals surface area contributed by atoms with Gasteiger partial charge in [0.05, 0.1) is 19.4 Å². The van der Waals surface area contributed by atoms with Gasteiger partial charge in [-0.2, -0.15) is 0 Å². The molecular formula is C11H14NO. The SMILES string of the molecule is Cc1c(C2C=CCOC2)c[c]n1C. The number of nitrogens with zero attached hydrogens (tertiary/aromatic N) is 1. The first-order chi connectivity index (χ1) is 6.29. The second-order valence-corrected chi connectivity index (χ2v) is 3.45. The maximum Gasteiger partial charge on any atom is 0.0650 e. The molecule has 1 aromatic heterocycles. The third-order valence-corrected chi connectivity index (χ3v) is 2.61. The Hall–Kier alpha value is -1.02. The minimum Gasteiger partial charge on any atom is -0.376 e. The van der Waals surface area contributed by atoms with E-state index < -0.39 is 0 Å². The van der Waals surface area contributed by atoms with Crippen LogP contribution < -0.4 is 0 Å². The number of hydrogen-bond acceptors (Lipinski definition) is 1. The lowest BCUT2D eigenvalue weighted by molar-refractivity contribution is 0.145. The van der Waals surface area contributed by atoms with Crippen LogP contribution >= 0.6 is 0 Å². The van der Waals surface area contributed by atoms with E-state index >= 15 is 0 Å². The van der Waals surface area contributed by atoms with E-state index in [9.17, 15) is 0 Å². The summed E-state index contributed by atoms with van der Waals surface area (Å²) in [6.07, 6.45) is 7.47. The molecule has 2 rings (SSSR count). The summed E-state index contributed by atoms with van der Waals surface area (Å²) in [5, 5.41) is 0. The van der Waals surface area contributed by atoms with Crippen LogP contribution in [0, 0.1) is 13.1 Å². The summed E-state index contributed by atoms with van der Waals surface area (Å²) >= 11 is 0. The van der Waals surface area contributed by atoms with Gasteiger partial charge in [-0.3, -0.25) is 0 Å². The van der Waals surface area contributed by atoms with Gasteiger partial charge >= 0.3 is 0 Å². The third-order valence-electron chi connectivity index (χ3n) is 2.61. The van der Waals surface area contributed by atoms with Crippen LogP contribution in [0.15, 0.2) is 18.2 Å². The predicted octanol–water partition coefficient (Wildman–Crippen LogP) is 1.80. The van der Waals surface area contributed by atoms with Crippen LogP contribution in [-0.4, -0.2) is 17.8 Å². The van der Waals surface area contributed by atoms with Gasteiger partial charge in [-0.25, -0.2) is 0 Å². The second-order valence-electron chi connectivity index (χ2n) is 3.45. The number of hydrogen-bond donors (Lipinski definition) is 0. The highest BCUT2D eigenvalue weighted by Crippen LogP contribution is 2.23. The van der Waals surface area contributed by atoms with Crippen LogP contribution in [0.3, 0.4) is 0 Å². The van der Waals surface area contributed by atoms with Crippen molar-refractivity contribution in [3.63, 3.8) is 0 Å². The number of ether oxygens (including phenoxy) is 1. The Balaban J connectivity index is 2.29. The van der Waals surface area contributed by atoms with Crippen LogP contribution in [-0.2, 0) is 11.8 Å². The van der Waals surface area contributed by atoms with E-state index in [0.29, 0.717) is 5.92 Å². The summed E-state index contributed by atoms with van der Waals surface area (Å²) in [5.74, 6) is 0.422. The molecule has 13 heavy (non-hydrogen) atoms. The summed E-state index contributed by atoms with van der Waals surface area (Å²) < 4.78 is 7.42. The molecule has 1 unspecified atom stereocenters. The maximum atomic E-state index is 5.39. The molecule has 69 valence electrons. The molecule has 1 atom stereocenters. The van der Waals surface area contributed by atoms with E-state index in [0.717, 1.165) is 13.2 Å². The Labute approximate surface area is 78.8 Å². The van der Waals surface area contributed by atoms with Crippen molar-refractivity contribution in [1.29, 1.82) is 0 Å². The highest BCUT2D eigenvalue weighted by atomic mass is 16.5. The fourth-order valence-corrected chi connectivity index (χ4v) is 1.67. The van der Waals surface area contributed by atoms with Crippen LogP contribution in [0.2, 0.25) is 0 Å². The molecule has 0 amide bonds. The van der Waals surface area contributed by atoms with Crippen molar-refractivity contribution in [2.45, 2.75) is 12.8 Å². The Bertz CT molecular complexity index is 325. The van der Waals surface area contributed by atoms with Crippen molar-refractivity contribution in [3.8, 4) is 0 Å². The van der Waals surface area contributed by atoms with E-state index in [2.05, 4.69) is 31.3 Å². The molecule has 0 aliphatic carbocycles. The van der Waals surface area contributed by atoms with Crippen LogP contribution in [0.4, 0.5) is 0 Å². The minimum absolute atomic E-state index is 0.422. The lowest BCUT2D eigenvalue weighted by atomic mass is 9.99. The highest BCUT2D eigenvalue weighted by molar-refractivity contribution is 5.29. The van der Waals surface area contributed by atoms with E-state index in [1.165, 1.54) is 11.3 Å². The van der Waals surface area contributed by atoms with Crippen molar-refractivity contribution >= 4 is 0 Å². The predicted molar refractivity (Wildman–Crippen MR) is 51.7 cm³/mol. The fraction of sp³-hybridized carbons (Fsp3) is 0.455. The molecule has 0 fully saturated rings. The van der Waals surface area contributed by atoms with Gasteiger partial charge in [0.15, 0.2) is 0 Å². The van der Waals surface area contributed by atoms with Gasteiger partial charge in [0.25, 0.3) is 0 Å². The van der Waals surface area contributed by atoms with Crippen LogP contribution in [0.5, 0.6) is 0 Å². The average Bonchev–Trinajstić information content (AvgIpc) is 2.49. The zero-order valence-electron chi connectivity index (χ0n) is 8.08. The van der Waals surface area contributed by atoms with Crippen molar-refractivity contribution in [1.82, 2.24) is 4.57 Å². The van der Waals surface area contributed by atoms with E-state index in [4.69, 9.17) is 4.74 Å². The first-order valence-corrected chi connectivity index (χ1v) is 4.57. The largest absolute Gasteiger partial charge is 0.376 e. The highest BCUT2D eigenvalue weighted by Gasteiger charge is 2.15. The molecule has 2 nitrogen and oxygen atoms in total. The zero-order chi connectivity index (χ0) is 9.26. The van der Waals surface area contributed by atoms with Gasteiger partial charge < -0.3 is 9.30 Å². The summed E-state index contributed by atoms with van der Waals surface area (Å²) in [6, 6.07) is 2.05. The van der Waals surface area contributed by atoms with Gasteiger partial charge in [-0.1, -0.05) is 12.2 Å². The molecule has 0 N–H and O–H groups in total. The summed E-state index contributed by atoms with van der Waals surface area (Å²) in [7, 11) is 2.02. The molecule has 0 saturated heterocycles. The van der Waals surface area contributed by atoms with Gasteiger partial charge in [0, 0.05) is 18.7 Å². The quantitative estimate of drug-likeness (QED) is 0.595. The lowest BCUT2D eigenvalue weighted by Gasteiger charge is -2.17. The normalized spacial score (nSPS) is 22.2. The molecule has 1 aliphatic heterocycles. The number of aromatic nitrogens is 1. The first-order valence-electron chi connectivity index (χ1n) is 4.57. The monoisotopic (exact) mass is 176 g/mol. The van der Waals surface area contributed by atoms with Crippen molar-refractivity contribution in [2.24, 2.45) is 7.05 Å². The molecule has 2 heterocycles. The van der Waals surface area contributed by atoms with Crippen LogP contribution in [0.1, 0.15) is 17.2 Å². The van der Waals surface area contributed by atoms with Crippen molar-refractivity contribution < 1.29 is 4.74 Å². The lowest BCUT2D eigenvalue weighted by Crippen LogP contribution is -2.11.